The maximum absolute atomic E-state index is 12.5. The molecule has 0 aliphatic heterocycles. The van der Waals surface area contributed by atoms with Crippen molar-refractivity contribution in [1.29, 1.82) is 0 Å². The number of hydrogen-bond donors (Lipinski definition) is 2. The maximum atomic E-state index is 12.5. The highest BCUT2D eigenvalue weighted by Crippen LogP contribution is 2.30. The number of rotatable bonds is 3. The number of oxazole rings is 1. The number of H-pyrrole nitrogens is 1. The second kappa shape index (κ2) is 5.73. The van der Waals surface area contributed by atoms with Crippen molar-refractivity contribution in [1.82, 2.24) is 9.97 Å². The Labute approximate surface area is 143 Å². The van der Waals surface area contributed by atoms with E-state index in [1.165, 1.54) is 11.3 Å². The number of carbonyl (C=O) groups is 1. The van der Waals surface area contributed by atoms with Gasteiger partial charge in [0.25, 0.3) is 5.91 Å². The molecule has 0 spiro atoms. The molecule has 1 amide bonds. The molecule has 3 heterocycles. The average Bonchev–Trinajstić information content (AvgIpc) is 3.24. The van der Waals surface area contributed by atoms with Crippen LogP contribution in [0.1, 0.15) is 15.4 Å². The first-order valence-electron chi connectivity index (χ1n) is 7.04. The van der Waals surface area contributed by atoms with E-state index in [1.807, 2.05) is 23.8 Å². The highest BCUT2D eigenvalue weighted by atomic mass is 32.1. The van der Waals surface area contributed by atoms with E-state index in [-0.39, 0.29) is 5.91 Å². The number of anilines is 1. The molecule has 0 bridgehead atoms. The highest BCUT2D eigenvalue weighted by molar-refractivity contribution is 7.17. The van der Waals surface area contributed by atoms with Gasteiger partial charge in [-0.15, -0.1) is 11.3 Å². The van der Waals surface area contributed by atoms with E-state index in [4.69, 9.17) is 4.42 Å². The van der Waals surface area contributed by atoms with Crippen LogP contribution in [0.3, 0.4) is 0 Å². The summed E-state index contributed by atoms with van der Waals surface area (Å²) in [6, 6.07) is 6.97. The molecule has 3 aromatic heterocycles. The average molecular weight is 357 g/mol. The second-order valence-electron chi connectivity index (χ2n) is 5.13. The summed E-state index contributed by atoms with van der Waals surface area (Å²) in [5, 5.41) is 7.64. The molecule has 0 aliphatic rings. The van der Waals surface area contributed by atoms with E-state index in [9.17, 15) is 9.59 Å². The number of aromatic nitrogens is 2. The van der Waals surface area contributed by atoms with Crippen molar-refractivity contribution < 1.29 is 9.21 Å². The van der Waals surface area contributed by atoms with Gasteiger partial charge in [0, 0.05) is 16.6 Å². The zero-order valence-corrected chi connectivity index (χ0v) is 14.1. The third-order valence-electron chi connectivity index (χ3n) is 3.45. The normalized spacial score (nSPS) is 11.0. The monoisotopic (exact) mass is 357 g/mol. The summed E-state index contributed by atoms with van der Waals surface area (Å²) in [6.07, 6.45) is 0. The Kier molecular flexibility index (Phi) is 3.55. The zero-order valence-electron chi connectivity index (χ0n) is 12.5. The highest BCUT2D eigenvalue weighted by Gasteiger charge is 2.17. The number of nitrogens with zero attached hydrogens (tertiary/aromatic N) is 1. The molecule has 0 aliphatic carbocycles. The van der Waals surface area contributed by atoms with E-state index in [0.717, 1.165) is 10.6 Å². The molecule has 0 saturated heterocycles. The van der Waals surface area contributed by atoms with Crippen molar-refractivity contribution in [2.75, 3.05) is 5.32 Å². The lowest BCUT2D eigenvalue weighted by molar-refractivity contribution is 0.103. The van der Waals surface area contributed by atoms with Crippen LogP contribution in [-0.2, 0) is 0 Å². The van der Waals surface area contributed by atoms with Crippen LogP contribution < -0.4 is 11.1 Å². The van der Waals surface area contributed by atoms with Crippen molar-refractivity contribution in [3.05, 3.63) is 56.1 Å². The zero-order chi connectivity index (χ0) is 16.7. The summed E-state index contributed by atoms with van der Waals surface area (Å²) in [5.74, 6) is -0.746. The molecule has 0 radical (unpaired) electrons. The van der Waals surface area contributed by atoms with Crippen molar-refractivity contribution in [3.63, 3.8) is 0 Å². The van der Waals surface area contributed by atoms with E-state index in [2.05, 4.69) is 15.3 Å². The molecule has 120 valence electrons. The Bertz CT molecular complexity index is 1090. The lowest BCUT2D eigenvalue weighted by Crippen LogP contribution is -2.11. The molecule has 24 heavy (non-hydrogen) atoms. The Balaban J connectivity index is 1.62. The Morgan fingerprint density at radius 2 is 2.21 bits per heavy atom. The number of thiophene rings is 1. The second-order valence-corrected chi connectivity index (χ2v) is 6.90. The molecule has 0 unspecified atom stereocenters. The molecule has 1 aromatic carbocycles. The molecular weight excluding hydrogens is 346 g/mol. The van der Waals surface area contributed by atoms with Crippen LogP contribution in [0, 0.1) is 6.92 Å². The molecule has 0 atom stereocenters. The molecular formula is C16H11N3O3S2. The van der Waals surface area contributed by atoms with Crippen LogP contribution in [0.2, 0.25) is 0 Å². The Hall–Kier alpha value is -2.71. The smallest absolute Gasteiger partial charge is 0.408 e. The van der Waals surface area contributed by atoms with Gasteiger partial charge in [-0.1, -0.05) is 0 Å². The van der Waals surface area contributed by atoms with Crippen LogP contribution in [0.4, 0.5) is 5.69 Å². The minimum Gasteiger partial charge on any atom is -0.408 e. The number of thiazole rings is 1. The molecule has 2 N–H and O–H groups in total. The summed E-state index contributed by atoms with van der Waals surface area (Å²) in [6.45, 7) is 1.82. The molecule has 8 heteroatoms. The fourth-order valence-electron chi connectivity index (χ4n) is 2.33. The van der Waals surface area contributed by atoms with Gasteiger partial charge in [-0.25, -0.2) is 9.78 Å². The van der Waals surface area contributed by atoms with Gasteiger partial charge < -0.3 is 9.73 Å². The maximum Gasteiger partial charge on any atom is 0.417 e. The van der Waals surface area contributed by atoms with Crippen LogP contribution >= 0.6 is 22.7 Å². The summed E-state index contributed by atoms with van der Waals surface area (Å²) in [5.41, 5.74) is 3.28. The van der Waals surface area contributed by atoms with Crippen LogP contribution in [0.15, 0.2) is 44.2 Å². The fraction of sp³-hybridized carbons (Fsp3) is 0.0625. The summed E-state index contributed by atoms with van der Waals surface area (Å²) in [7, 11) is 0. The van der Waals surface area contributed by atoms with Crippen molar-refractivity contribution in [2.24, 2.45) is 0 Å². The van der Waals surface area contributed by atoms with Gasteiger partial charge in [-0.05, 0) is 36.6 Å². The molecule has 4 aromatic rings. The van der Waals surface area contributed by atoms with Gasteiger partial charge in [-0.2, -0.15) is 11.3 Å². The summed E-state index contributed by atoms with van der Waals surface area (Å²) in [4.78, 5) is 31.3. The van der Waals surface area contributed by atoms with Gasteiger partial charge in [0.2, 0.25) is 0 Å². The van der Waals surface area contributed by atoms with E-state index in [1.54, 1.807) is 29.5 Å². The first kappa shape index (κ1) is 14.9. The summed E-state index contributed by atoms with van der Waals surface area (Å²) >= 11 is 2.95. The van der Waals surface area contributed by atoms with Crippen molar-refractivity contribution in [3.8, 4) is 10.6 Å². The number of hydrogen-bond acceptors (Lipinski definition) is 6. The van der Waals surface area contributed by atoms with Gasteiger partial charge in [0.05, 0.1) is 11.2 Å². The van der Waals surface area contributed by atoms with E-state index < -0.39 is 5.76 Å². The van der Waals surface area contributed by atoms with Gasteiger partial charge in [0.1, 0.15) is 9.88 Å². The van der Waals surface area contributed by atoms with E-state index >= 15 is 0 Å². The first-order valence-corrected chi connectivity index (χ1v) is 8.80. The van der Waals surface area contributed by atoms with E-state index in [0.29, 0.717) is 27.4 Å². The number of carbonyl (C=O) groups excluding carboxylic acids is 1. The quantitative estimate of drug-likeness (QED) is 0.583. The lowest BCUT2D eigenvalue weighted by atomic mass is 10.2. The minimum atomic E-state index is -0.521. The number of fused-ring (bicyclic) bond motifs is 1. The van der Waals surface area contributed by atoms with Crippen molar-refractivity contribution >= 4 is 45.4 Å². The predicted octanol–water partition coefficient (Wildman–Crippen LogP) is 3.87. The molecule has 0 saturated carbocycles. The van der Waals surface area contributed by atoms with Gasteiger partial charge in [-0.3, -0.25) is 9.78 Å². The Morgan fingerprint density at radius 3 is 3.00 bits per heavy atom. The number of benzene rings is 1. The number of aryl methyl sites for hydroxylation is 1. The number of amides is 1. The Morgan fingerprint density at radius 1 is 1.33 bits per heavy atom. The third kappa shape index (κ3) is 2.66. The number of nitrogens with one attached hydrogen (secondary N) is 2. The van der Waals surface area contributed by atoms with Crippen LogP contribution in [0.25, 0.3) is 21.7 Å². The first-order chi connectivity index (χ1) is 11.6. The van der Waals surface area contributed by atoms with Crippen molar-refractivity contribution in [2.45, 2.75) is 6.92 Å². The molecule has 6 nitrogen and oxygen atoms in total. The van der Waals surface area contributed by atoms with Gasteiger partial charge in [0.15, 0.2) is 5.58 Å². The SMILES string of the molecule is Cc1nc(-c2ccsc2)sc1C(=O)Nc1ccc2oc(=O)[nH]c2c1. The molecule has 4 rings (SSSR count). The number of aromatic amines is 1. The standard InChI is InChI=1S/C16H11N3O3S2/c1-8-13(24-15(17-8)9-4-5-23-7-9)14(20)18-10-2-3-12-11(6-10)19-16(21)22-12/h2-7H,1H3,(H,18,20)(H,19,21). The van der Waals surface area contributed by atoms with Gasteiger partial charge >= 0.3 is 5.76 Å². The summed E-state index contributed by atoms with van der Waals surface area (Å²) < 4.78 is 4.95. The van der Waals surface area contributed by atoms with Crippen LogP contribution in [0.5, 0.6) is 0 Å². The minimum absolute atomic E-state index is 0.225. The third-order valence-corrected chi connectivity index (χ3v) is 5.34. The predicted molar refractivity (Wildman–Crippen MR) is 95.0 cm³/mol. The van der Waals surface area contributed by atoms with Crippen LogP contribution in [-0.4, -0.2) is 15.9 Å². The largest absolute Gasteiger partial charge is 0.417 e. The molecule has 0 fully saturated rings. The topological polar surface area (TPSA) is 88.0 Å². The lowest BCUT2D eigenvalue weighted by Gasteiger charge is -2.03. The fourth-order valence-corrected chi connectivity index (χ4v) is 4.01.